The van der Waals surface area contributed by atoms with E-state index >= 15 is 0 Å². The first-order valence-corrected chi connectivity index (χ1v) is 5.95. The summed E-state index contributed by atoms with van der Waals surface area (Å²) in [6, 6.07) is 5.88. The molecular weight excluding hydrogens is 259 g/mol. The molecule has 3 rings (SSSR count). The molecule has 0 unspecified atom stereocenters. The number of nitrogen functional groups attached to an aromatic ring is 1. The van der Waals surface area contributed by atoms with Gasteiger partial charge in [0.2, 0.25) is 5.82 Å². The number of pyridine rings is 1. The van der Waals surface area contributed by atoms with Gasteiger partial charge in [0.1, 0.15) is 5.82 Å². The van der Waals surface area contributed by atoms with E-state index in [0.717, 1.165) is 11.1 Å². The number of nitrogens with zero attached hydrogens (tertiary/aromatic N) is 3. The average molecular weight is 270 g/mol. The van der Waals surface area contributed by atoms with Crippen molar-refractivity contribution in [2.75, 3.05) is 5.73 Å². The molecule has 0 aliphatic rings. The van der Waals surface area contributed by atoms with Crippen molar-refractivity contribution < 1.29 is 8.91 Å². The van der Waals surface area contributed by atoms with E-state index in [1.807, 2.05) is 13.0 Å². The van der Waals surface area contributed by atoms with Crippen molar-refractivity contribution >= 4 is 5.69 Å². The van der Waals surface area contributed by atoms with E-state index in [0.29, 0.717) is 11.4 Å². The summed E-state index contributed by atoms with van der Waals surface area (Å²) in [6.45, 7) is 1.93. The van der Waals surface area contributed by atoms with Crippen LogP contribution in [0.2, 0.25) is 0 Å². The number of anilines is 1. The molecule has 100 valence electrons. The Bertz CT molecular complexity index is 769. The summed E-state index contributed by atoms with van der Waals surface area (Å²) in [5.74, 6) is 0.268. The highest BCUT2D eigenvalue weighted by Gasteiger charge is 2.14. The number of nitrogens with two attached hydrogens (primary N) is 1. The second-order valence-corrected chi connectivity index (χ2v) is 4.35. The molecule has 0 aliphatic carbocycles. The van der Waals surface area contributed by atoms with Gasteiger partial charge in [-0.2, -0.15) is 4.98 Å². The highest BCUT2D eigenvalue weighted by molar-refractivity contribution is 5.71. The fourth-order valence-corrected chi connectivity index (χ4v) is 1.87. The van der Waals surface area contributed by atoms with Crippen LogP contribution in [0.25, 0.3) is 22.8 Å². The van der Waals surface area contributed by atoms with Crippen molar-refractivity contribution in [1.29, 1.82) is 0 Å². The van der Waals surface area contributed by atoms with Gasteiger partial charge in [-0.15, -0.1) is 0 Å². The van der Waals surface area contributed by atoms with Gasteiger partial charge in [0, 0.05) is 23.6 Å². The van der Waals surface area contributed by atoms with E-state index in [-0.39, 0.29) is 11.6 Å². The molecule has 0 saturated heterocycles. The number of benzene rings is 1. The predicted molar refractivity (Wildman–Crippen MR) is 72.1 cm³/mol. The Morgan fingerprint density at radius 3 is 2.80 bits per heavy atom. The molecular formula is C14H11FN4O. The lowest BCUT2D eigenvalue weighted by atomic mass is 10.1. The molecule has 2 N–H and O–H groups in total. The largest absolute Gasteiger partial charge is 0.398 e. The van der Waals surface area contributed by atoms with Crippen molar-refractivity contribution in [3.05, 3.63) is 48.0 Å². The third kappa shape index (κ3) is 2.11. The van der Waals surface area contributed by atoms with Gasteiger partial charge < -0.3 is 10.3 Å². The van der Waals surface area contributed by atoms with Crippen molar-refractivity contribution in [2.24, 2.45) is 0 Å². The van der Waals surface area contributed by atoms with Crippen LogP contribution in [-0.4, -0.2) is 15.1 Å². The molecule has 1 aromatic carbocycles. The minimum absolute atomic E-state index is 0.251. The number of hydrogen-bond donors (Lipinski definition) is 1. The second-order valence-electron chi connectivity index (χ2n) is 4.35. The number of halogens is 1. The third-order valence-corrected chi connectivity index (χ3v) is 2.95. The number of aromatic nitrogens is 3. The van der Waals surface area contributed by atoms with Gasteiger partial charge in [-0.1, -0.05) is 5.16 Å². The summed E-state index contributed by atoms with van der Waals surface area (Å²) < 4.78 is 18.2. The van der Waals surface area contributed by atoms with Crippen LogP contribution in [0.4, 0.5) is 10.1 Å². The van der Waals surface area contributed by atoms with Crippen molar-refractivity contribution in [3.8, 4) is 22.8 Å². The van der Waals surface area contributed by atoms with Crippen LogP contribution in [0.3, 0.4) is 0 Å². The van der Waals surface area contributed by atoms with E-state index in [9.17, 15) is 4.39 Å². The molecule has 0 saturated carbocycles. The fraction of sp³-hybridized carbons (Fsp3) is 0.0714. The summed E-state index contributed by atoms with van der Waals surface area (Å²) in [6.07, 6.45) is 3.36. The van der Waals surface area contributed by atoms with Gasteiger partial charge in [0.05, 0.1) is 5.56 Å². The molecule has 6 heteroatoms. The van der Waals surface area contributed by atoms with Crippen LogP contribution in [0.1, 0.15) is 5.56 Å². The Kier molecular flexibility index (Phi) is 2.90. The molecule has 0 atom stereocenters. The van der Waals surface area contributed by atoms with E-state index < -0.39 is 5.82 Å². The summed E-state index contributed by atoms with van der Waals surface area (Å²) in [4.78, 5) is 8.32. The quantitative estimate of drug-likeness (QED) is 0.724. The third-order valence-electron chi connectivity index (χ3n) is 2.95. The Balaban J connectivity index is 2.04. The normalized spacial score (nSPS) is 10.7. The number of aryl methyl sites for hydroxylation is 1. The van der Waals surface area contributed by atoms with Crippen LogP contribution in [0.15, 0.2) is 41.2 Å². The lowest BCUT2D eigenvalue weighted by Gasteiger charge is -2.00. The Morgan fingerprint density at radius 1 is 1.20 bits per heavy atom. The molecule has 0 aliphatic heterocycles. The molecule has 0 bridgehead atoms. The zero-order valence-electron chi connectivity index (χ0n) is 10.7. The maximum atomic E-state index is 13.0. The minimum Gasteiger partial charge on any atom is -0.398 e. The molecule has 0 amide bonds. The average Bonchev–Trinajstić information content (AvgIpc) is 2.88. The molecule has 5 nitrogen and oxygen atoms in total. The lowest BCUT2D eigenvalue weighted by Crippen LogP contribution is -1.91. The smallest absolute Gasteiger partial charge is 0.260 e. The molecule has 3 aromatic rings. The van der Waals surface area contributed by atoms with Crippen LogP contribution in [-0.2, 0) is 0 Å². The highest BCUT2D eigenvalue weighted by atomic mass is 19.1. The molecule has 0 radical (unpaired) electrons. The van der Waals surface area contributed by atoms with Gasteiger partial charge in [-0.25, -0.2) is 4.39 Å². The first-order chi connectivity index (χ1) is 9.65. The minimum atomic E-state index is -0.408. The Hall–Kier alpha value is -2.76. The maximum absolute atomic E-state index is 13.0. The second kappa shape index (κ2) is 4.73. The monoisotopic (exact) mass is 270 g/mol. The van der Waals surface area contributed by atoms with Crippen LogP contribution < -0.4 is 5.73 Å². The van der Waals surface area contributed by atoms with E-state index in [1.54, 1.807) is 12.4 Å². The summed E-state index contributed by atoms with van der Waals surface area (Å²) in [7, 11) is 0. The SMILES string of the molecule is Cc1ccncc1-c1noc(-c2ccc(F)cc2N)n1. The Morgan fingerprint density at radius 2 is 2.05 bits per heavy atom. The standard InChI is InChI=1S/C14H11FN4O/c1-8-4-5-17-7-11(8)13-18-14(20-19-13)10-3-2-9(15)6-12(10)16/h2-7H,16H2,1H3. The topological polar surface area (TPSA) is 77.8 Å². The predicted octanol–water partition coefficient (Wildman–Crippen LogP) is 2.83. The lowest BCUT2D eigenvalue weighted by molar-refractivity contribution is 0.432. The van der Waals surface area contributed by atoms with Gasteiger partial charge in [-0.05, 0) is 36.8 Å². The van der Waals surface area contributed by atoms with E-state index in [2.05, 4.69) is 15.1 Å². The zero-order valence-corrected chi connectivity index (χ0v) is 10.7. The molecule has 0 spiro atoms. The van der Waals surface area contributed by atoms with Crippen molar-refractivity contribution in [3.63, 3.8) is 0 Å². The summed E-state index contributed by atoms with van der Waals surface area (Å²) >= 11 is 0. The van der Waals surface area contributed by atoms with Crippen molar-refractivity contribution in [2.45, 2.75) is 6.92 Å². The summed E-state index contributed by atoms with van der Waals surface area (Å²) in [5, 5.41) is 3.91. The first-order valence-electron chi connectivity index (χ1n) is 5.95. The highest BCUT2D eigenvalue weighted by Crippen LogP contribution is 2.27. The van der Waals surface area contributed by atoms with E-state index in [4.69, 9.17) is 10.3 Å². The zero-order chi connectivity index (χ0) is 14.1. The number of hydrogen-bond acceptors (Lipinski definition) is 5. The molecule has 0 fully saturated rings. The van der Waals surface area contributed by atoms with Gasteiger partial charge in [0.25, 0.3) is 5.89 Å². The van der Waals surface area contributed by atoms with Crippen LogP contribution >= 0.6 is 0 Å². The van der Waals surface area contributed by atoms with Crippen LogP contribution in [0, 0.1) is 12.7 Å². The van der Waals surface area contributed by atoms with Gasteiger partial charge in [-0.3, -0.25) is 4.98 Å². The molecule has 20 heavy (non-hydrogen) atoms. The van der Waals surface area contributed by atoms with Gasteiger partial charge >= 0.3 is 0 Å². The Labute approximate surface area is 114 Å². The van der Waals surface area contributed by atoms with Gasteiger partial charge in [0.15, 0.2) is 0 Å². The maximum Gasteiger partial charge on any atom is 0.260 e. The van der Waals surface area contributed by atoms with Crippen LogP contribution in [0.5, 0.6) is 0 Å². The summed E-state index contributed by atoms with van der Waals surface area (Å²) in [5.41, 5.74) is 8.28. The number of rotatable bonds is 2. The molecule has 2 aromatic heterocycles. The molecule has 2 heterocycles. The fourth-order valence-electron chi connectivity index (χ4n) is 1.87. The van der Waals surface area contributed by atoms with E-state index in [1.165, 1.54) is 18.2 Å². The van der Waals surface area contributed by atoms with Crippen molar-refractivity contribution in [1.82, 2.24) is 15.1 Å². The first kappa shape index (κ1) is 12.3.